The van der Waals surface area contributed by atoms with E-state index in [1.807, 2.05) is 0 Å². The first-order valence-electron chi connectivity index (χ1n) is 5.46. The van der Waals surface area contributed by atoms with Gasteiger partial charge in [0.1, 0.15) is 0 Å². The highest BCUT2D eigenvalue weighted by Gasteiger charge is 2.18. The second-order valence-electron chi connectivity index (χ2n) is 3.94. The fourth-order valence-corrected chi connectivity index (χ4v) is 2.88. The van der Waals surface area contributed by atoms with Crippen LogP contribution in [-0.2, 0) is 28.4 Å². The lowest BCUT2D eigenvalue weighted by atomic mass is 10.2. The lowest BCUT2D eigenvalue weighted by Gasteiger charge is -2.07. The zero-order valence-corrected chi connectivity index (χ0v) is 12.3. The average molecular weight is 318 g/mol. The van der Waals surface area contributed by atoms with Crippen molar-refractivity contribution in [1.82, 2.24) is 20.2 Å². The number of rotatable bonds is 5. The Bertz CT molecular complexity index is 715. The first kappa shape index (κ1) is 14.7. The van der Waals surface area contributed by atoms with E-state index < -0.39 is 10.0 Å². The van der Waals surface area contributed by atoms with Crippen LogP contribution in [0.4, 0.5) is 5.95 Å². The maximum Gasteiger partial charge on any atom is 0.277 e. The monoisotopic (exact) mass is 317 g/mol. The number of aromatic nitrogens is 4. The molecule has 0 unspecified atom stereocenters. The average Bonchev–Trinajstić information content (AvgIpc) is 2.73. The first-order valence-corrected chi connectivity index (χ1v) is 7.32. The highest BCUT2D eigenvalue weighted by Crippen LogP contribution is 2.21. The van der Waals surface area contributed by atoms with Crippen LogP contribution in [0.15, 0.2) is 23.1 Å². The van der Waals surface area contributed by atoms with E-state index in [4.69, 9.17) is 16.3 Å². The largest absolute Gasteiger partial charge is 0.380 e. The van der Waals surface area contributed by atoms with Crippen molar-refractivity contribution in [2.75, 3.05) is 11.8 Å². The van der Waals surface area contributed by atoms with Gasteiger partial charge in [-0.25, -0.2) is 13.1 Å². The van der Waals surface area contributed by atoms with Crippen molar-refractivity contribution in [1.29, 1.82) is 0 Å². The molecule has 1 aromatic carbocycles. The van der Waals surface area contributed by atoms with Gasteiger partial charge in [-0.3, -0.25) is 0 Å². The molecule has 1 N–H and O–H groups in total. The summed E-state index contributed by atoms with van der Waals surface area (Å²) in [6.45, 7) is 0.256. The summed E-state index contributed by atoms with van der Waals surface area (Å²) < 4.78 is 31.6. The summed E-state index contributed by atoms with van der Waals surface area (Å²) in [7, 11) is -0.792. The molecule has 0 saturated heterocycles. The number of tetrazole rings is 1. The normalized spacial score (nSPS) is 11.6. The smallest absolute Gasteiger partial charge is 0.277 e. The Morgan fingerprint density at radius 1 is 1.40 bits per heavy atom. The molecule has 8 nitrogen and oxygen atoms in total. The van der Waals surface area contributed by atoms with Gasteiger partial charge < -0.3 is 4.74 Å². The molecule has 0 radical (unpaired) electrons. The van der Waals surface area contributed by atoms with Crippen LogP contribution in [0.3, 0.4) is 0 Å². The van der Waals surface area contributed by atoms with Gasteiger partial charge in [-0.2, -0.15) is 4.80 Å². The van der Waals surface area contributed by atoms with Crippen LogP contribution >= 0.6 is 11.6 Å². The standard InChI is InChI=1S/C10H12ClN5O3S/c1-16-13-10(12-15-16)14-20(17,18)9-4-7(6-19-2)3-8(11)5-9/h3-5H,6H2,1-2H3,(H,13,14). The number of halogens is 1. The summed E-state index contributed by atoms with van der Waals surface area (Å²) in [5.41, 5.74) is 0.646. The van der Waals surface area contributed by atoms with E-state index in [-0.39, 0.29) is 17.5 Å². The predicted octanol–water partition coefficient (Wildman–Crippen LogP) is 0.811. The molecule has 0 fully saturated rings. The molecule has 0 aliphatic carbocycles. The van der Waals surface area contributed by atoms with Crippen molar-refractivity contribution in [3.8, 4) is 0 Å². The molecule has 0 saturated carbocycles. The summed E-state index contributed by atoms with van der Waals surface area (Å²) in [6, 6.07) is 4.43. The number of benzene rings is 1. The second kappa shape index (κ2) is 5.73. The Kier molecular flexibility index (Phi) is 4.21. The number of nitrogens with zero attached hydrogens (tertiary/aromatic N) is 4. The van der Waals surface area contributed by atoms with Crippen LogP contribution in [0.2, 0.25) is 5.02 Å². The number of ether oxygens (including phenoxy) is 1. The summed E-state index contributed by atoms with van der Waals surface area (Å²) in [6.07, 6.45) is 0. The molecule has 0 aliphatic heterocycles. The number of methoxy groups -OCH3 is 1. The Balaban J connectivity index is 2.33. The third-order valence-corrected chi connectivity index (χ3v) is 3.81. The summed E-state index contributed by atoms with van der Waals surface area (Å²) in [5, 5.41) is 11.2. The minimum atomic E-state index is -3.83. The highest BCUT2D eigenvalue weighted by atomic mass is 35.5. The molecule has 2 aromatic rings. The van der Waals surface area contributed by atoms with Crippen LogP contribution in [0.25, 0.3) is 0 Å². The Morgan fingerprint density at radius 3 is 2.75 bits per heavy atom. The van der Waals surface area contributed by atoms with Crippen LogP contribution in [0.1, 0.15) is 5.56 Å². The number of anilines is 1. The molecule has 2 rings (SSSR count). The van der Waals surface area contributed by atoms with Crippen LogP contribution < -0.4 is 4.72 Å². The van der Waals surface area contributed by atoms with Crippen LogP contribution in [-0.4, -0.2) is 35.7 Å². The van der Waals surface area contributed by atoms with Gasteiger partial charge in [0.15, 0.2) is 0 Å². The zero-order chi connectivity index (χ0) is 14.8. The minimum Gasteiger partial charge on any atom is -0.380 e. The van der Waals surface area contributed by atoms with Crippen molar-refractivity contribution in [2.45, 2.75) is 11.5 Å². The van der Waals surface area contributed by atoms with Crippen molar-refractivity contribution >= 4 is 27.6 Å². The highest BCUT2D eigenvalue weighted by molar-refractivity contribution is 7.92. The molecule has 1 heterocycles. The molecule has 0 bridgehead atoms. The molecule has 0 atom stereocenters. The predicted molar refractivity (Wildman–Crippen MR) is 71.8 cm³/mol. The fourth-order valence-electron chi connectivity index (χ4n) is 1.53. The second-order valence-corrected chi connectivity index (χ2v) is 6.06. The van der Waals surface area contributed by atoms with Gasteiger partial charge >= 0.3 is 0 Å². The van der Waals surface area contributed by atoms with E-state index in [2.05, 4.69) is 20.1 Å². The minimum absolute atomic E-state index is 0.00417. The van der Waals surface area contributed by atoms with Crippen molar-refractivity contribution in [3.05, 3.63) is 28.8 Å². The number of sulfonamides is 1. The van der Waals surface area contributed by atoms with Gasteiger partial charge in [-0.1, -0.05) is 16.7 Å². The molecule has 1 aromatic heterocycles. The molecule has 0 aliphatic rings. The van der Waals surface area contributed by atoms with Crippen LogP contribution in [0, 0.1) is 0 Å². The number of aryl methyl sites for hydroxylation is 1. The summed E-state index contributed by atoms with van der Waals surface area (Å²) in [5.74, 6) is -0.110. The topological polar surface area (TPSA) is 99.0 Å². The van der Waals surface area contributed by atoms with Gasteiger partial charge in [0.2, 0.25) is 0 Å². The van der Waals surface area contributed by atoms with E-state index in [0.29, 0.717) is 10.6 Å². The van der Waals surface area contributed by atoms with Gasteiger partial charge in [0.05, 0.1) is 18.6 Å². The Hall–Kier alpha value is -1.71. The van der Waals surface area contributed by atoms with Crippen molar-refractivity contribution in [3.63, 3.8) is 0 Å². The summed E-state index contributed by atoms with van der Waals surface area (Å²) >= 11 is 5.90. The van der Waals surface area contributed by atoms with Crippen molar-refractivity contribution < 1.29 is 13.2 Å². The number of hydrogen-bond acceptors (Lipinski definition) is 6. The number of nitrogens with one attached hydrogen (secondary N) is 1. The quantitative estimate of drug-likeness (QED) is 0.876. The van der Waals surface area contributed by atoms with Gasteiger partial charge in [-0.05, 0) is 29.0 Å². The fraction of sp³-hybridized carbons (Fsp3) is 0.300. The molecule has 0 amide bonds. The van der Waals surface area contributed by atoms with E-state index in [9.17, 15) is 8.42 Å². The first-order chi connectivity index (χ1) is 9.40. The van der Waals surface area contributed by atoms with Crippen LogP contribution in [0.5, 0.6) is 0 Å². The molecule has 10 heteroatoms. The third kappa shape index (κ3) is 3.44. The van der Waals surface area contributed by atoms with Crippen molar-refractivity contribution in [2.24, 2.45) is 7.05 Å². The van der Waals surface area contributed by atoms with Gasteiger partial charge in [0.25, 0.3) is 16.0 Å². The molecule has 0 spiro atoms. The van der Waals surface area contributed by atoms with Gasteiger partial charge in [-0.15, -0.1) is 5.10 Å². The van der Waals surface area contributed by atoms with Gasteiger partial charge in [0, 0.05) is 12.1 Å². The SMILES string of the molecule is COCc1cc(Cl)cc(S(=O)(=O)Nc2nnn(C)n2)c1. The maximum absolute atomic E-state index is 12.2. The zero-order valence-electron chi connectivity index (χ0n) is 10.7. The summed E-state index contributed by atoms with van der Waals surface area (Å²) in [4.78, 5) is 1.15. The van der Waals surface area contributed by atoms with E-state index in [1.54, 1.807) is 6.07 Å². The lowest BCUT2D eigenvalue weighted by molar-refractivity contribution is 0.184. The molecule has 20 heavy (non-hydrogen) atoms. The number of hydrogen-bond donors (Lipinski definition) is 1. The Labute approximate surface area is 120 Å². The van der Waals surface area contributed by atoms with E-state index in [1.165, 1.54) is 26.3 Å². The van der Waals surface area contributed by atoms with E-state index in [0.717, 1.165) is 4.80 Å². The third-order valence-electron chi connectivity index (χ3n) is 2.29. The molecule has 108 valence electrons. The lowest BCUT2D eigenvalue weighted by Crippen LogP contribution is -2.14. The van der Waals surface area contributed by atoms with E-state index >= 15 is 0 Å². The molecular formula is C10H12ClN5O3S. The maximum atomic E-state index is 12.2. The Morgan fingerprint density at radius 2 is 2.15 bits per heavy atom. The molecular weight excluding hydrogens is 306 g/mol.